The lowest BCUT2D eigenvalue weighted by atomic mass is 9.93. The fraction of sp³-hybridized carbons (Fsp3) is 0.500. The monoisotopic (exact) mass is 313 g/mol. The summed E-state index contributed by atoms with van der Waals surface area (Å²) in [5.74, 6) is -0.231. The average Bonchev–Trinajstić information content (AvgIpc) is 2.39. The van der Waals surface area contributed by atoms with Crippen LogP contribution in [0, 0.1) is 19.3 Å². The number of nitrogens with one attached hydrogen (secondary N) is 2. The zero-order valence-corrected chi connectivity index (χ0v) is 13.9. The normalized spacial score (nSPS) is 12.2. The van der Waals surface area contributed by atoms with Crippen LogP contribution < -0.4 is 15.8 Å². The van der Waals surface area contributed by atoms with Crippen LogP contribution in [-0.4, -0.2) is 27.9 Å². The summed E-state index contributed by atoms with van der Waals surface area (Å²) >= 11 is 0. The van der Waals surface area contributed by atoms with E-state index in [1.54, 1.807) is 39.8 Å². The van der Waals surface area contributed by atoms with Gasteiger partial charge in [0.25, 0.3) is 0 Å². The lowest BCUT2D eigenvalue weighted by Gasteiger charge is -2.23. The third-order valence-corrected chi connectivity index (χ3v) is 4.91. The summed E-state index contributed by atoms with van der Waals surface area (Å²) in [6.45, 7) is 6.79. The van der Waals surface area contributed by atoms with E-state index in [4.69, 9.17) is 5.73 Å². The Kier molecular flexibility index (Phi) is 5.01. The number of anilines is 1. The van der Waals surface area contributed by atoms with Crippen molar-refractivity contribution in [1.82, 2.24) is 10.0 Å². The Balaban J connectivity index is 3.06. The fourth-order valence-corrected chi connectivity index (χ4v) is 3.47. The lowest BCUT2D eigenvalue weighted by Crippen LogP contribution is -2.43. The summed E-state index contributed by atoms with van der Waals surface area (Å²) in [5, 5.41) is 2.52. The number of carbonyl (C=O) groups is 1. The molecule has 21 heavy (non-hydrogen) atoms. The van der Waals surface area contributed by atoms with Gasteiger partial charge >= 0.3 is 0 Å². The number of hydrogen-bond donors (Lipinski definition) is 3. The number of nitrogen functional groups attached to an aromatic ring is 1. The summed E-state index contributed by atoms with van der Waals surface area (Å²) in [6, 6.07) is 3.30. The van der Waals surface area contributed by atoms with Gasteiger partial charge < -0.3 is 11.1 Å². The van der Waals surface area contributed by atoms with Gasteiger partial charge in [0.05, 0.1) is 10.3 Å². The molecule has 0 fully saturated rings. The van der Waals surface area contributed by atoms with E-state index in [-0.39, 0.29) is 17.3 Å². The molecule has 0 spiro atoms. The van der Waals surface area contributed by atoms with Gasteiger partial charge in [-0.1, -0.05) is 0 Å². The molecule has 0 saturated heterocycles. The molecule has 0 heterocycles. The van der Waals surface area contributed by atoms with Crippen LogP contribution >= 0.6 is 0 Å². The fourth-order valence-electron chi connectivity index (χ4n) is 1.90. The molecule has 0 aromatic heterocycles. The van der Waals surface area contributed by atoms with Gasteiger partial charge in [-0.3, -0.25) is 4.79 Å². The first-order chi connectivity index (χ1) is 9.51. The molecular weight excluding hydrogens is 290 g/mol. The second-order valence-corrected chi connectivity index (χ2v) is 7.50. The third-order valence-electron chi connectivity index (χ3n) is 3.38. The van der Waals surface area contributed by atoms with Crippen molar-refractivity contribution in [3.8, 4) is 0 Å². The van der Waals surface area contributed by atoms with E-state index in [1.807, 2.05) is 0 Å². The lowest BCUT2D eigenvalue weighted by molar-refractivity contribution is -0.128. The molecule has 0 atom stereocenters. The number of nitrogens with two attached hydrogens (primary N) is 1. The molecule has 0 aliphatic carbocycles. The van der Waals surface area contributed by atoms with Crippen LogP contribution in [0.25, 0.3) is 0 Å². The number of rotatable bonds is 5. The molecule has 0 aliphatic rings. The van der Waals surface area contributed by atoms with E-state index in [0.717, 1.165) is 5.56 Å². The topological polar surface area (TPSA) is 101 Å². The zero-order valence-electron chi connectivity index (χ0n) is 13.1. The van der Waals surface area contributed by atoms with E-state index in [2.05, 4.69) is 10.0 Å². The SMILES string of the molecule is CNC(=O)C(C)(C)CNS(=O)(=O)c1cc(C)cc(N)c1C. The number of sulfonamides is 1. The van der Waals surface area contributed by atoms with Gasteiger partial charge in [0.15, 0.2) is 0 Å². The van der Waals surface area contributed by atoms with Crippen LogP contribution in [0.15, 0.2) is 17.0 Å². The Labute approximate surface area is 126 Å². The number of hydrogen-bond acceptors (Lipinski definition) is 4. The smallest absolute Gasteiger partial charge is 0.240 e. The Bertz CT molecular complexity index is 652. The highest BCUT2D eigenvalue weighted by atomic mass is 32.2. The molecule has 0 aliphatic heterocycles. The van der Waals surface area contributed by atoms with Crippen LogP contribution in [0.3, 0.4) is 0 Å². The maximum Gasteiger partial charge on any atom is 0.240 e. The maximum atomic E-state index is 12.4. The molecular formula is C14H23N3O3S. The number of aryl methyl sites for hydroxylation is 1. The Hall–Kier alpha value is -1.60. The van der Waals surface area contributed by atoms with Crippen molar-refractivity contribution in [2.24, 2.45) is 5.41 Å². The van der Waals surface area contributed by atoms with Crippen LogP contribution in [0.1, 0.15) is 25.0 Å². The van der Waals surface area contributed by atoms with Gasteiger partial charge in [0.1, 0.15) is 0 Å². The van der Waals surface area contributed by atoms with Crippen molar-refractivity contribution in [2.75, 3.05) is 19.3 Å². The molecule has 1 rings (SSSR count). The molecule has 118 valence electrons. The van der Waals surface area contributed by atoms with Crippen LogP contribution in [0.4, 0.5) is 5.69 Å². The van der Waals surface area contributed by atoms with Crippen molar-refractivity contribution < 1.29 is 13.2 Å². The average molecular weight is 313 g/mol. The van der Waals surface area contributed by atoms with Gasteiger partial charge in [0, 0.05) is 19.3 Å². The van der Waals surface area contributed by atoms with E-state index in [9.17, 15) is 13.2 Å². The number of carbonyl (C=O) groups excluding carboxylic acids is 1. The second-order valence-electron chi connectivity index (χ2n) is 5.76. The molecule has 1 aromatic carbocycles. The van der Waals surface area contributed by atoms with Gasteiger partial charge in [-0.15, -0.1) is 0 Å². The maximum absolute atomic E-state index is 12.4. The van der Waals surface area contributed by atoms with Crippen molar-refractivity contribution in [1.29, 1.82) is 0 Å². The Morgan fingerprint density at radius 2 is 1.86 bits per heavy atom. The minimum absolute atomic E-state index is 0.00228. The van der Waals surface area contributed by atoms with Crippen molar-refractivity contribution in [3.63, 3.8) is 0 Å². The van der Waals surface area contributed by atoms with E-state index >= 15 is 0 Å². The highest BCUT2D eigenvalue weighted by Crippen LogP contribution is 2.23. The predicted molar refractivity (Wildman–Crippen MR) is 83.4 cm³/mol. The molecule has 1 amide bonds. The van der Waals surface area contributed by atoms with Gasteiger partial charge in [-0.05, 0) is 51.0 Å². The van der Waals surface area contributed by atoms with Gasteiger partial charge in [-0.2, -0.15) is 0 Å². The highest BCUT2D eigenvalue weighted by Gasteiger charge is 2.29. The molecule has 7 heteroatoms. The molecule has 0 radical (unpaired) electrons. The molecule has 0 bridgehead atoms. The molecule has 4 N–H and O–H groups in total. The highest BCUT2D eigenvalue weighted by molar-refractivity contribution is 7.89. The second kappa shape index (κ2) is 6.03. The third kappa shape index (κ3) is 3.95. The van der Waals surface area contributed by atoms with Gasteiger partial charge in [0.2, 0.25) is 15.9 Å². The first-order valence-corrected chi connectivity index (χ1v) is 8.08. The summed E-state index contributed by atoms with van der Waals surface area (Å²) in [7, 11) is -2.20. The molecule has 6 nitrogen and oxygen atoms in total. The van der Waals surface area contributed by atoms with Gasteiger partial charge in [-0.25, -0.2) is 13.1 Å². The summed E-state index contributed by atoms with van der Waals surface area (Å²) in [4.78, 5) is 11.8. The molecule has 0 saturated carbocycles. The van der Waals surface area contributed by atoms with E-state index in [0.29, 0.717) is 11.3 Å². The standard InChI is InChI=1S/C14H23N3O3S/c1-9-6-11(15)10(2)12(7-9)21(19,20)17-8-14(3,4)13(18)16-5/h6-7,17H,8,15H2,1-5H3,(H,16,18). The summed E-state index contributed by atoms with van der Waals surface area (Å²) < 4.78 is 27.3. The van der Waals surface area contributed by atoms with E-state index in [1.165, 1.54) is 7.05 Å². The molecule has 0 unspecified atom stereocenters. The Morgan fingerprint density at radius 1 is 1.29 bits per heavy atom. The van der Waals surface area contributed by atoms with Crippen LogP contribution in [0.5, 0.6) is 0 Å². The Morgan fingerprint density at radius 3 is 2.38 bits per heavy atom. The van der Waals surface area contributed by atoms with Crippen molar-refractivity contribution in [2.45, 2.75) is 32.6 Å². The van der Waals surface area contributed by atoms with E-state index < -0.39 is 15.4 Å². The summed E-state index contributed by atoms with van der Waals surface area (Å²) in [6.07, 6.45) is 0. The minimum atomic E-state index is -3.72. The quantitative estimate of drug-likeness (QED) is 0.704. The van der Waals surface area contributed by atoms with Crippen LogP contribution in [0.2, 0.25) is 0 Å². The molecule has 1 aromatic rings. The number of amides is 1. The largest absolute Gasteiger partial charge is 0.398 e. The number of benzene rings is 1. The predicted octanol–water partition coefficient (Wildman–Crippen LogP) is 0.936. The minimum Gasteiger partial charge on any atom is -0.398 e. The first-order valence-electron chi connectivity index (χ1n) is 6.60. The van der Waals surface area contributed by atoms with Crippen LogP contribution in [-0.2, 0) is 14.8 Å². The summed E-state index contributed by atoms with van der Waals surface area (Å²) in [5.41, 5.74) is 6.68. The van der Waals surface area contributed by atoms with Crippen molar-refractivity contribution in [3.05, 3.63) is 23.3 Å². The van der Waals surface area contributed by atoms with Crippen molar-refractivity contribution >= 4 is 21.6 Å². The zero-order chi connectivity index (χ0) is 16.4. The first kappa shape index (κ1) is 17.5.